The summed E-state index contributed by atoms with van der Waals surface area (Å²) in [6, 6.07) is 7.75. The van der Waals surface area contributed by atoms with E-state index in [-0.39, 0.29) is 11.8 Å². The number of benzene rings is 1. The highest BCUT2D eigenvalue weighted by molar-refractivity contribution is 7.88. The second kappa shape index (κ2) is 7.98. The van der Waals surface area contributed by atoms with E-state index in [2.05, 4.69) is 10.2 Å². The molecule has 0 radical (unpaired) electrons. The molecule has 1 heterocycles. The number of sulfonamides is 1. The van der Waals surface area contributed by atoms with Gasteiger partial charge in [0.15, 0.2) is 0 Å². The van der Waals surface area contributed by atoms with Crippen molar-refractivity contribution in [3.8, 4) is 0 Å². The number of nitrogens with zero attached hydrogens (tertiary/aromatic N) is 2. The van der Waals surface area contributed by atoms with Crippen LogP contribution in [0.2, 0.25) is 0 Å². The first-order valence-corrected chi connectivity index (χ1v) is 10.3. The zero-order chi connectivity index (χ0) is 17.7. The number of carbonyl (C=O) groups excluding carboxylic acids is 1. The Morgan fingerprint density at radius 3 is 2.33 bits per heavy atom. The maximum absolute atomic E-state index is 12.2. The van der Waals surface area contributed by atoms with Crippen molar-refractivity contribution in [3.05, 3.63) is 24.3 Å². The average Bonchev–Trinajstić information content (AvgIpc) is 2.55. The van der Waals surface area contributed by atoms with E-state index in [4.69, 9.17) is 0 Å². The van der Waals surface area contributed by atoms with Crippen LogP contribution in [0.5, 0.6) is 0 Å². The lowest BCUT2D eigenvalue weighted by molar-refractivity contribution is -0.120. The minimum Gasteiger partial charge on any atom is -0.369 e. The Hall–Kier alpha value is -1.60. The summed E-state index contributed by atoms with van der Waals surface area (Å²) in [5.74, 6) is 0.0889. The van der Waals surface area contributed by atoms with Gasteiger partial charge in [-0.25, -0.2) is 8.42 Å². The molecule has 0 aliphatic carbocycles. The second-order valence-electron chi connectivity index (χ2n) is 6.20. The molecular formula is C17H27N3O3S. The number of rotatable bonds is 6. The van der Waals surface area contributed by atoms with Gasteiger partial charge in [0.05, 0.1) is 6.26 Å². The Balaban J connectivity index is 2.02. The van der Waals surface area contributed by atoms with Crippen LogP contribution in [-0.2, 0) is 14.8 Å². The van der Waals surface area contributed by atoms with Gasteiger partial charge in [0, 0.05) is 43.5 Å². The lowest BCUT2D eigenvalue weighted by Crippen LogP contribution is -2.48. The smallest absolute Gasteiger partial charge is 0.227 e. The van der Waals surface area contributed by atoms with Gasteiger partial charge >= 0.3 is 0 Å². The topological polar surface area (TPSA) is 69.7 Å². The van der Waals surface area contributed by atoms with E-state index in [9.17, 15) is 13.2 Å². The molecule has 1 aliphatic heterocycles. The molecule has 0 aromatic heterocycles. The molecule has 1 aromatic rings. The van der Waals surface area contributed by atoms with Gasteiger partial charge < -0.3 is 10.2 Å². The Labute approximate surface area is 144 Å². The molecule has 1 aromatic carbocycles. The van der Waals surface area contributed by atoms with Crippen molar-refractivity contribution in [2.45, 2.75) is 26.7 Å². The molecule has 134 valence electrons. The summed E-state index contributed by atoms with van der Waals surface area (Å²) < 4.78 is 24.7. The number of hydrogen-bond acceptors (Lipinski definition) is 4. The average molecular weight is 353 g/mol. The third-order valence-corrected chi connectivity index (χ3v) is 5.85. The van der Waals surface area contributed by atoms with E-state index in [0.29, 0.717) is 26.2 Å². The predicted octanol–water partition coefficient (Wildman–Crippen LogP) is 2.14. The molecule has 1 fully saturated rings. The van der Waals surface area contributed by atoms with Crippen molar-refractivity contribution in [1.82, 2.24) is 4.31 Å². The lowest BCUT2D eigenvalue weighted by atomic mass is 10.0. The highest BCUT2D eigenvalue weighted by atomic mass is 32.2. The molecule has 2 rings (SSSR count). The second-order valence-corrected chi connectivity index (χ2v) is 8.18. The third-order valence-electron chi connectivity index (χ3n) is 4.54. The highest BCUT2D eigenvalue weighted by Crippen LogP contribution is 2.22. The summed E-state index contributed by atoms with van der Waals surface area (Å²) in [6.07, 6.45) is 2.90. The van der Waals surface area contributed by atoms with Gasteiger partial charge in [-0.1, -0.05) is 19.9 Å². The van der Waals surface area contributed by atoms with Crippen LogP contribution in [0.1, 0.15) is 26.7 Å². The molecule has 0 saturated carbocycles. The van der Waals surface area contributed by atoms with Crippen LogP contribution in [0.3, 0.4) is 0 Å². The minimum atomic E-state index is -3.12. The Morgan fingerprint density at radius 2 is 1.79 bits per heavy atom. The SMILES string of the molecule is CCC(CC)C(=O)Nc1cccc(N2CCN(S(C)(=O)=O)CC2)c1. The summed E-state index contributed by atoms with van der Waals surface area (Å²) in [6.45, 7) is 6.32. The maximum atomic E-state index is 12.2. The number of nitrogens with one attached hydrogen (secondary N) is 1. The van der Waals surface area contributed by atoms with Crippen molar-refractivity contribution in [2.75, 3.05) is 42.7 Å². The first kappa shape index (κ1) is 18.7. The van der Waals surface area contributed by atoms with E-state index >= 15 is 0 Å². The Bertz CT molecular complexity index is 663. The molecule has 1 N–H and O–H groups in total. The Morgan fingerprint density at radius 1 is 1.17 bits per heavy atom. The van der Waals surface area contributed by atoms with Gasteiger partial charge in [0.1, 0.15) is 0 Å². The quantitative estimate of drug-likeness (QED) is 0.851. The lowest BCUT2D eigenvalue weighted by Gasteiger charge is -2.34. The van der Waals surface area contributed by atoms with Crippen LogP contribution in [0.15, 0.2) is 24.3 Å². The molecule has 0 atom stereocenters. The van der Waals surface area contributed by atoms with Gasteiger partial charge in [0.25, 0.3) is 0 Å². The van der Waals surface area contributed by atoms with Crippen molar-refractivity contribution >= 4 is 27.3 Å². The standard InChI is InChI=1S/C17H27N3O3S/c1-4-14(5-2)17(21)18-15-7-6-8-16(13-15)19-9-11-20(12-10-19)24(3,22)23/h6-8,13-14H,4-5,9-12H2,1-3H3,(H,18,21). The van der Waals surface area contributed by atoms with Crippen LogP contribution in [0.25, 0.3) is 0 Å². The van der Waals surface area contributed by atoms with E-state index in [0.717, 1.165) is 24.2 Å². The monoisotopic (exact) mass is 353 g/mol. The zero-order valence-corrected chi connectivity index (χ0v) is 15.5. The van der Waals surface area contributed by atoms with Crippen LogP contribution < -0.4 is 10.2 Å². The van der Waals surface area contributed by atoms with Gasteiger partial charge in [-0.3, -0.25) is 4.79 Å². The summed E-state index contributed by atoms with van der Waals surface area (Å²) in [5.41, 5.74) is 1.79. The molecule has 0 unspecified atom stereocenters. The Kier molecular flexibility index (Phi) is 6.23. The fourth-order valence-corrected chi connectivity index (χ4v) is 3.79. The molecule has 1 aliphatic rings. The van der Waals surface area contributed by atoms with Crippen LogP contribution in [0, 0.1) is 5.92 Å². The molecule has 24 heavy (non-hydrogen) atoms. The largest absolute Gasteiger partial charge is 0.369 e. The zero-order valence-electron chi connectivity index (χ0n) is 14.7. The van der Waals surface area contributed by atoms with Crippen LogP contribution >= 0.6 is 0 Å². The highest BCUT2D eigenvalue weighted by Gasteiger charge is 2.23. The maximum Gasteiger partial charge on any atom is 0.227 e. The summed E-state index contributed by atoms with van der Waals surface area (Å²) >= 11 is 0. The number of amides is 1. The van der Waals surface area contributed by atoms with Crippen molar-refractivity contribution < 1.29 is 13.2 Å². The van der Waals surface area contributed by atoms with Gasteiger partial charge in [-0.2, -0.15) is 4.31 Å². The summed E-state index contributed by atoms with van der Waals surface area (Å²) in [5, 5.41) is 2.98. The third kappa shape index (κ3) is 4.70. The fourth-order valence-electron chi connectivity index (χ4n) is 2.96. The predicted molar refractivity (Wildman–Crippen MR) is 97.8 cm³/mol. The van der Waals surface area contributed by atoms with E-state index in [1.165, 1.54) is 10.6 Å². The van der Waals surface area contributed by atoms with Crippen molar-refractivity contribution in [3.63, 3.8) is 0 Å². The summed E-state index contributed by atoms with van der Waals surface area (Å²) in [7, 11) is -3.12. The number of hydrogen-bond donors (Lipinski definition) is 1. The normalized spacial score (nSPS) is 16.4. The molecule has 0 bridgehead atoms. The van der Waals surface area contributed by atoms with Crippen LogP contribution in [0.4, 0.5) is 11.4 Å². The molecule has 1 saturated heterocycles. The summed E-state index contributed by atoms with van der Waals surface area (Å²) in [4.78, 5) is 14.4. The van der Waals surface area contributed by atoms with E-state index in [1.54, 1.807) is 0 Å². The number of carbonyl (C=O) groups is 1. The molecule has 1 amide bonds. The molecule has 7 heteroatoms. The van der Waals surface area contributed by atoms with Gasteiger partial charge in [-0.05, 0) is 31.0 Å². The van der Waals surface area contributed by atoms with Gasteiger partial charge in [-0.15, -0.1) is 0 Å². The van der Waals surface area contributed by atoms with Gasteiger partial charge in [0.2, 0.25) is 15.9 Å². The van der Waals surface area contributed by atoms with Crippen molar-refractivity contribution in [2.24, 2.45) is 5.92 Å². The van der Waals surface area contributed by atoms with Crippen LogP contribution in [-0.4, -0.2) is 51.1 Å². The first-order valence-electron chi connectivity index (χ1n) is 8.46. The fraction of sp³-hybridized carbons (Fsp3) is 0.588. The molecule has 6 nitrogen and oxygen atoms in total. The van der Waals surface area contributed by atoms with E-state index < -0.39 is 10.0 Å². The molecular weight excluding hydrogens is 326 g/mol. The number of piperazine rings is 1. The first-order chi connectivity index (χ1) is 11.3. The van der Waals surface area contributed by atoms with E-state index in [1.807, 2.05) is 38.1 Å². The number of anilines is 2. The van der Waals surface area contributed by atoms with Crippen molar-refractivity contribution in [1.29, 1.82) is 0 Å². The minimum absolute atomic E-state index is 0.0342. The molecule has 0 spiro atoms.